The van der Waals surface area contributed by atoms with Gasteiger partial charge in [-0.3, -0.25) is 0 Å². The maximum atomic E-state index is 6.44. The van der Waals surface area contributed by atoms with E-state index in [1.807, 2.05) is 54.6 Å². The first kappa shape index (κ1) is 34.6. The van der Waals surface area contributed by atoms with E-state index < -0.39 is 0 Å². The molecular weight excluding hydrogens is 715 g/mol. The Hall–Kier alpha value is -6.87. The quantitative estimate of drug-likeness (QED) is 0.0893. The Morgan fingerprint density at radius 3 is 0.807 bits per heavy atom. The smallest absolute Gasteiger partial charge is 0.225 e. The molecule has 0 aliphatic rings. The summed E-state index contributed by atoms with van der Waals surface area (Å²) in [6.07, 6.45) is 1.62. The predicted molar refractivity (Wildman–Crippen MR) is 225 cm³/mol. The minimum Gasteiger partial charge on any atom is -0.496 e. The summed E-state index contributed by atoms with van der Waals surface area (Å²) in [5, 5.41) is 7.85. The first-order chi connectivity index (χ1) is 28.0. The minimum atomic E-state index is 0.443. The highest BCUT2D eigenvalue weighted by Crippen LogP contribution is 2.59. The Kier molecular flexibility index (Phi) is 8.14. The van der Waals surface area contributed by atoms with E-state index in [-0.39, 0.29) is 0 Å². The molecule has 9 heteroatoms. The molecule has 9 nitrogen and oxygen atoms in total. The molecule has 0 radical (unpaired) electrons. The maximum absolute atomic E-state index is 6.44. The molecule has 7 aromatic carbocycles. The molecule has 10 rings (SSSR count). The molecule has 0 unspecified atom stereocenters. The number of aromatic nitrogens is 3. The second-order valence-electron chi connectivity index (χ2n) is 14.3. The van der Waals surface area contributed by atoms with E-state index in [9.17, 15) is 0 Å². The van der Waals surface area contributed by atoms with E-state index >= 15 is 0 Å². The molecule has 0 spiro atoms. The lowest BCUT2D eigenvalue weighted by Gasteiger charge is -2.28. The zero-order chi connectivity index (χ0) is 38.9. The molecule has 10 aromatic rings. The molecular formula is C48H39N3O6. The fourth-order valence-corrected chi connectivity index (χ4v) is 9.24. The van der Waals surface area contributed by atoms with Crippen molar-refractivity contribution in [2.75, 3.05) is 42.7 Å². The lowest BCUT2D eigenvalue weighted by molar-refractivity contribution is 0.391. The summed E-state index contributed by atoms with van der Waals surface area (Å²) in [5.41, 5.74) is 8.27. The Labute approximate surface area is 328 Å². The molecule has 0 amide bonds. The number of ether oxygens (including phenoxy) is 6. The second kappa shape index (κ2) is 13.4. The van der Waals surface area contributed by atoms with Gasteiger partial charge in [-0.2, -0.15) is 0 Å². The van der Waals surface area contributed by atoms with Gasteiger partial charge in [0, 0.05) is 68.3 Å². The van der Waals surface area contributed by atoms with Gasteiger partial charge < -0.3 is 28.4 Å². The SMILES string of the molecule is COc1nc2c(Cc3ccccc3)c(OC)c3c(OC)nc4c(Cc5ccccc5)c(OC)c5c(OC)nc6c(Cc7ccccc7)c(OC)c1c1c6c5c4c3c21. The molecule has 0 N–H and O–H groups in total. The zero-order valence-electron chi connectivity index (χ0n) is 32.6. The molecule has 0 saturated heterocycles. The summed E-state index contributed by atoms with van der Waals surface area (Å²) in [7, 11) is 10.1. The summed E-state index contributed by atoms with van der Waals surface area (Å²) in [6.45, 7) is 0. The van der Waals surface area contributed by atoms with Crippen LogP contribution < -0.4 is 28.4 Å². The van der Waals surface area contributed by atoms with Gasteiger partial charge >= 0.3 is 0 Å². The largest absolute Gasteiger partial charge is 0.496 e. The molecule has 0 aliphatic heterocycles. The number of pyridine rings is 3. The van der Waals surface area contributed by atoms with Gasteiger partial charge in [-0.25, -0.2) is 15.0 Å². The third-order valence-corrected chi connectivity index (χ3v) is 11.5. The topological polar surface area (TPSA) is 94.1 Å². The van der Waals surface area contributed by atoms with Gasteiger partial charge in [0.05, 0.1) is 75.4 Å². The van der Waals surface area contributed by atoms with Crippen LogP contribution in [0.4, 0.5) is 0 Å². The zero-order valence-corrected chi connectivity index (χ0v) is 32.6. The van der Waals surface area contributed by atoms with E-state index in [1.165, 1.54) is 0 Å². The van der Waals surface area contributed by atoms with Crippen LogP contribution in [0.2, 0.25) is 0 Å². The molecule has 3 heterocycles. The summed E-state index contributed by atoms with van der Waals surface area (Å²) in [4.78, 5) is 16.2. The molecule has 0 saturated carbocycles. The number of benzene rings is 7. The van der Waals surface area contributed by atoms with Crippen LogP contribution in [0.1, 0.15) is 33.4 Å². The van der Waals surface area contributed by atoms with Gasteiger partial charge in [-0.15, -0.1) is 0 Å². The van der Waals surface area contributed by atoms with E-state index in [2.05, 4.69) is 36.4 Å². The van der Waals surface area contributed by atoms with Crippen molar-refractivity contribution in [3.05, 3.63) is 124 Å². The van der Waals surface area contributed by atoms with Crippen LogP contribution in [-0.4, -0.2) is 57.6 Å². The van der Waals surface area contributed by atoms with Crippen molar-refractivity contribution in [1.29, 1.82) is 0 Å². The summed E-state index contributed by atoms with van der Waals surface area (Å²) in [5.74, 6) is 3.26. The monoisotopic (exact) mass is 753 g/mol. The van der Waals surface area contributed by atoms with Gasteiger partial charge in [0.2, 0.25) is 17.6 Å². The average molecular weight is 754 g/mol. The van der Waals surface area contributed by atoms with Crippen molar-refractivity contribution in [2.45, 2.75) is 19.3 Å². The Morgan fingerprint density at radius 2 is 0.579 bits per heavy atom. The van der Waals surface area contributed by atoms with E-state index in [4.69, 9.17) is 43.4 Å². The van der Waals surface area contributed by atoms with Gasteiger partial charge in [-0.05, 0) is 16.7 Å². The highest BCUT2D eigenvalue weighted by atomic mass is 16.5. The van der Waals surface area contributed by atoms with E-state index in [0.29, 0.717) is 54.2 Å². The first-order valence-electron chi connectivity index (χ1n) is 18.9. The molecule has 282 valence electrons. The highest BCUT2D eigenvalue weighted by Gasteiger charge is 2.36. The van der Waals surface area contributed by atoms with Gasteiger partial charge in [-0.1, -0.05) is 91.0 Å². The summed E-state index contributed by atoms with van der Waals surface area (Å²) in [6, 6.07) is 31.0. The second-order valence-corrected chi connectivity index (χ2v) is 14.3. The van der Waals surface area contributed by atoms with Crippen LogP contribution >= 0.6 is 0 Å². The number of nitrogens with zero attached hydrogens (tertiary/aromatic N) is 3. The van der Waals surface area contributed by atoms with Crippen LogP contribution in [-0.2, 0) is 19.3 Å². The molecule has 0 bridgehead atoms. The van der Waals surface area contributed by atoms with Crippen LogP contribution in [0.3, 0.4) is 0 Å². The third-order valence-electron chi connectivity index (χ3n) is 11.5. The Bertz CT molecular complexity index is 2740. The molecule has 57 heavy (non-hydrogen) atoms. The van der Waals surface area contributed by atoms with Crippen LogP contribution in [0.5, 0.6) is 34.9 Å². The minimum absolute atomic E-state index is 0.443. The maximum Gasteiger partial charge on any atom is 0.225 e. The van der Waals surface area contributed by atoms with Crippen LogP contribution in [0, 0.1) is 0 Å². The van der Waals surface area contributed by atoms with E-state index in [1.54, 1.807) is 42.7 Å². The average Bonchev–Trinajstić information content (AvgIpc) is 3.26. The lowest BCUT2D eigenvalue weighted by Crippen LogP contribution is -2.10. The molecule has 0 fully saturated rings. The van der Waals surface area contributed by atoms with Crippen molar-refractivity contribution in [3.8, 4) is 34.9 Å². The van der Waals surface area contributed by atoms with Crippen LogP contribution in [0.25, 0.3) is 65.0 Å². The van der Waals surface area contributed by atoms with Crippen molar-refractivity contribution in [2.24, 2.45) is 0 Å². The predicted octanol–water partition coefficient (Wildman–Crippen LogP) is 9.93. The van der Waals surface area contributed by atoms with E-state index in [0.717, 1.165) is 98.4 Å². The van der Waals surface area contributed by atoms with Gasteiger partial charge in [0.25, 0.3) is 0 Å². The number of hydrogen-bond acceptors (Lipinski definition) is 9. The first-order valence-corrected chi connectivity index (χ1v) is 18.9. The number of hydrogen-bond donors (Lipinski definition) is 0. The van der Waals surface area contributed by atoms with Gasteiger partial charge in [0.15, 0.2) is 0 Å². The fraction of sp³-hybridized carbons (Fsp3) is 0.188. The number of methoxy groups -OCH3 is 6. The lowest BCUT2D eigenvalue weighted by atomic mass is 9.81. The fourth-order valence-electron chi connectivity index (χ4n) is 9.24. The van der Waals surface area contributed by atoms with Gasteiger partial charge in [0.1, 0.15) is 17.2 Å². The Balaban J connectivity index is 1.53. The molecule has 3 aromatic heterocycles. The Morgan fingerprint density at radius 1 is 0.316 bits per heavy atom. The van der Waals surface area contributed by atoms with Crippen molar-refractivity contribution < 1.29 is 28.4 Å². The van der Waals surface area contributed by atoms with Crippen LogP contribution in [0.15, 0.2) is 91.0 Å². The van der Waals surface area contributed by atoms with Crippen molar-refractivity contribution >= 4 is 65.0 Å². The number of rotatable bonds is 12. The molecule has 0 atom stereocenters. The molecule has 0 aliphatic carbocycles. The normalized spacial score (nSPS) is 11.9. The van der Waals surface area contributed by atoms with Crippen molar-refractivity contribution in [3.63, 3.8) is 0 Å². The highest BCUT2D eigenvalue weighted by molar-refractivity contribution is 6.47. The van der Waals surface area contributed by atoms with Crippen molar-refractivity contribution in [1.82, 2.24) is 15.0 Å². The third kappa shape index (κ3) is 4.91. The summed E-state index contributed by atoms with van der Waals surface area (Å²) >= 11 is 0. The summed E-state index contributed by atoms with van der Waals surface area (Å²) < 4.78 is 38.2. The standard InChI is InChI=1S/C48H39N3O6/c1-52-43-28(22-25-16-10-7-11-17-25)40-34-31-35-33-36-32(34)38(47(49-40)56-5)45(54-3)30(24-27-20-14-9-15-21-27)42(36)51-48(57-6)39(33)44(53-2)29(23-26-18-12-8-13-19-26)41(35)50-46(55-4)37(31)43/h7-21H,22-24H2,1-6H3.